The molecule has 0 aliphatic heterocycles. The third kappa shape index (κ3) is 3.44. The van der Waals surface area contributed by atoms with Crippen molar-refractivity contribution in [1.82, 2.24) is 5.32 Å². The van der Waals surface area contributed by atoms with Crippen molar-refractivity contribution in [3.8, 4) is 11.5 Å². The second-order valence-corrected chi connectivity index (χ2v) is 5.04. The summed E-state index contributed by atoms with van der Waals surface area (Å²) in [7, 11) is 1.54. The summed E-state index contributed by atoms with van der Waals surface area (Å²) in [6, 6.07) is 13.3. The van der Waals surface area contributed by atoms with Gasteiger partial charge in [-0.2, -0.15) is 0 Å². The summed E-state index contributed by atoms with van der Waals surface area (Å²) in [6.45, 7) is 2.74. The Morgan fingerprint density at radius 2 is 2.00 bits per heavy atom. The Bertz CT molecular complexity index is 586. The molecule has 2 aromatic rings. The van der Waals surface area contributed by atoms with E-state index in [2.05, 4.69) is 12.2 Å². The number of methoxy groups -OCH3 is 1. The highest BCUT2D eigenvalue weighted by atomic mass is 35.5. The lowest BCUT2D eigenvalue weighted by Crippen LogP contribution is -2.18. The van der Waals surface area contributed by atoms with E-state index in [0.717, 1.165) is 16.1 Å². The van der Waals surface area contributed by atoms with Crippen molar-refractivity contribution in [2.75, 3.05) is 7.11 Å². The molecule has 0 aliphatic carbocycles. The summed E-state index contributed by atoms with van der Waals surface area (Å²) in [5, 5.41) is 13.7. The topological polar surface area (TPSA) is 41.5 Å². The monoisotopic (exact) mass is 291 g/mol. The Labute approximate surface area is 124 Å². The third-order valence-corrected chi connectivity index (χ3v) is 3.57. The van der Waals surface area contributed by atoms with Crippen molar-refractivity contribution in [2.45, 2.75) is 19.5 Å². The summed E-state index contributed by atoms with van der Waals surface area (Å²) >= 11 is 6.18. The highest BCUT2D eigenvalue weighted by molar-refractivity contribution is 6.31. The zero-order chi connectivity index (χ0) is 14.5. The molecule has 106 valence electrons. The number of halogens is 1. The van der Waals surface area contributed by atoms with Crippen LogP contribution in [0.3, 0.4) is 0 Å². The maximum atomic E-state index is 9.56. The SMILES string of the molecule is COc1cc(CN[C@H](C)c2ccccc2Cl)ccc1O. The molecule has 0 spiro atoms. The van der Waals surface area contributed by atoms with Crippen molar-refractivity contribution in [1.29, 1.82) is 0 Å². The fourth-order valence-electron chi connectivity index (χ4n) is 2.04. The summed E-state index contributed by atoms with van der Waals surface area (Å²) in [5.74, 6) is 0.630. The molecule has 3 nitrogen and oxygen atoms in total. The van der Waals surface area contributed by atoms with E-state index in [9.17, 15) is 5.11 Å². The van der Waals surface area contributed by atoms with E-state index in [0.29, 0.717) is 12.3 Å². The van der Waals surface area contributed by atoms with E-state index in [-0.39, 0.29) is 11.8 Å². The van der Waals surface area contributed by atoms with Gasteiger partial charge in [-0.05, 0) is 36.2 Å². The number of ether oxygens (including phenoxy) is 1. The lowest BCUT2D eigenvalue weighted by molar-refractivity contribution is 0.372. The molecule has 0 bridgehead atoms. The minimum atomic E-state index is 0.142. The predicted octanol–water partition coefficient (Wildman–Crippen LogP) is 3.91. The van der Waals surface area contributed by atoms with Gasteiger partial charge in [-0.1, -0.05) is 35.9 Å². The molecule has 0 fully saturated rings. The summed E-state index contributed by atoms with van der Waals surface area (Å²) < 4.78 is 5.10. The molecule has 2 N–H and O–H groups in total. The van der Waals surface area contributed by atoms with Crippen LogP contribution in [0.25, 0.3) is 0 Å². The van der Waals surface area contributed by atoms with Crippen molar-refractivity contribution in [2.24, 2.45) is 0 Å². The summed E-state index contributed by atoms with van der Waals surface area (Å²) in [5.41, 5.74) is 2.11. The molecule has 2 aromatic carbocycles. The molecule has 0 aliphatic rings. The van der Waals surface area contributed by atoms with Crippen LogP contribution in [0, 0.1) is 0 Å². The Morgan fingerprint density at radius 1 is 1.25 bits per heavy atom. The summed E-state index contributed by atoms with van der Waals surface area (Å²) in [6.07, 6.45) is 0. The van der Waals surface area contributed by atoms with Gasteiger partial charge in [0.05, 0.1) is 7.11 Å². The number of rotatable bonds is 5. The Kier molecular flexibility index (Phi) is 4.88. The molecule has 4 heteroatoms. The van der Waals surface area contributed by atoms with Gasteiger partial charge >= 0.3 is 0 Å². The van der Waals surface area contributed by atoms with E-state index in [1.807, 2.05) is 36.4 Å². The molecule has 1 atom stereocenters. The standard InChI is InChI=1S/C16H18ClNO2/c1-11(13-5-3-4-6-14(13)17)18-10-12-7-8-15(19)16(9-12)20-2/h3-9,11,18-19H,10H2,1-2H3/t11-/m1/s1. The van der Waals surface area contributed by atoms with Gasteiger partial charge in [0.1, 0.15) is 0 Å². The lowest BCUT2D eigenvalue weighted by Gasteiger charge is -2.16. The number of hydrogen-bond acceptors (Lipinski definition) is 3. The minimum absolute atomic E-state index is 0.142. The van der Waals surface area contributed by atoms with Gasteiger partial charge in [-0.25, -0.2) is 0 Å². The normalized spacial score (nSPS) is 12.2. The van der Waals surface area contributed by atoms with Crippen LogP contribution in [0.15, 0.2) is 42.5 Å². The largest absolute Gasteiger partial charge is 0.504 e. The van der Waals surface area contributed by atoms with Crippen molar-refractivity contribution in [3.05, 3.63) is 58.6 Å². The first-order chi connectivity index (χ1) is 9.61. The average molecular weight is 292 g/mol. The zero-order valence-electron chi connectivity index (χ0n) is 11.6. The van der Waals surface area contributed by atoms with E-state index < -0.39 is 0 Å². The van der Waals surface area contributed by atoms with Gasteiger partial charge in [0.25, 0.3) is 0 Å². The number of phenols is 1. The van der Waals surface area contributed by atoms with E-state index in [4.69, 9.17) is 16.3 Å². The van der Waals surface area contributed by atoms with E-state index >= 15 is 0 Å². The number of hydrogen-bond donors (Lipinski definition) is 2. The van der Waals surface area contributed by atoms with Gasteiger partial charge in [-0.3, -0.25) is 0 Å². The first-order valence-corrected chi connectivity index (χ1v) is 6.83. The van der Waals surface area contributed by atoms with Crippen LogP contribution >= 0.6 is 11.6 Å². The smallest absolute Gasteiger partial charge is 0.160 e. The van der Waals surface area contributed by atoms with Crippen LogP contribution in [-0.2, 0) is 6.54 Å². The van der Waals surface area contributed by atoms with Crippen LogP contribution in [-0.4, -0.2) is 12.2 Å². The Morgan fingerprint density at radius 3 is 2.70 bits per heavy atom. The molecule has 0 heterocycles. The van der Waals surface area contributed by atoms with Gasteiger partial charge in [0.2, 0.25) is 0 Å². The van der Waals surface area contributed by atoms with E-state index in [1.165, 1.54) is 0 Å². The fraction of sp³-hybridized carbons (Fsp3) is 0.250. The van der Waals surface area contributed by atoms with Crippen LogP contribution in [0.1, 0.15) is 24.1 Å². The first kappa shape index (κ1) is 14.7. The van der Waals surface area contributed by atoms with Gasteiger partial charge in [0, 0.05) is 17.6 Å². The molecule has 0 aromatic heterocycles. The number of benzene rings is 2. The quantitative estimate of drug-likeness (QED) is 0.878. The van der Waals surface area contributed by atoms with E-state index in [1.54, 1.807) is 13.2 Å². The molecular weight excluding hydrogens is 274 g/mol. The lowest BCUT2D eigenvalue weighted by atomic mass is 10.1. The maximum Gasteiger partial charge on any atom is 0.160 e. The Balaban J connectivity index is 2.03. The molecular formula is C16H18ClNO2. The van der Waals surface area contributed by atoms with Crippen LogP contribution < -0.4 is 10.1 Å². The number of nitrogens with one attached hydrogen (secondary N) is 1. The van der Waals surface area contributed by atoms with Gasteiger partial charge in [0.15, 0.2) is 11.5 Å². The van der Waals surface area contributed by atoms with Crippen molar-refractivity contribution >= 4 is 11.6 Å². The molecule has 0 saturated carbocycles. The molecule has 0 radical (unpaired) electrons. The van der Waals surface area contributed by atoms with Crippen molar-refractivity contribution in [3.63, 3.8) is 0 Å². The molecule has 2 rings (SSSR count). The zero-order valence-corrected chi connectivity index (χ0v) is 12.3. The maximum absolute atomic E-state index is 9.56. The van der Waals surface area contributed by atoms with Crippen molar-refractivity contribution < 1.29 is 9.84 Å². The fourth-order valence-corrected chi connectivity index (χ4v) is 2.34. The van der Waals surface area contributed by atoms with Crippen LogP contribution in [0.5, 0.6) is 11.5 Å². The van der Waals surface area contributed by atoms with Crippen LogP contribution in [0.2, 0.25) is 5.02 Å². The second-order valence-electron chi connectivity index (χ2n) is 4.63. The highest BCUT2D eigenvalue weighted by Crippen LogP contribution is 2.27. The van der Waals surface area contributed by atoms with Crippen LogP contribution in [0.4, 0.5) is 0 Å². The molecule has 0 amide bonds. The minimum Gasteiger partial charge on any atom is -0.504 e. The molecule has 0 unspecified atom stereocenters. The third-order valence-electron chi connectivity index (χ3n) is 3.23. The summed E-state index contributed by atoms with van der Waals surface area (Å²) in [4.78, 5) is 0. The molecule has 20 heavy (non-hydrogen) atoms. The van der Waals surface area contributed by atoms with Gasteiger partial charge < -0.3 is 15.2 Å². The number of aromatic hydroxyl groups is 1. The first-order valence-electron chi connectivity index (χ1n) is 6.45. The molecule has 0 saturated heterocycles. The average Bonchev–Trinajstić information content (AvgIpc) is 2.46. The highest BCUT2D eigenvalue weighted by Gasteiger charge is 2.09. The number of phenolic OH excluding ortho intramolecular Hbond substituents is 1. The Hall–Kier alpha value is -1.71. The predicted molar refractivity (Wildman–Crippen MR) is 81.4 cm³/mol. The van der Waals surface area contributed by atoms with Gasteiger partial charge in [-0.15, -0.1) is 0 Å². The second kappa shape index (κ2) is 6.64.